The van der Waals surface area contributed by atoms with Gasteiger partial charge in [-0.1, -0.05) is 274 Å². The van der Waals surface area contributed by atoms with Gasteiger partial charge >= 0.3 is 11.9 Å². The summed E-state index contributed by atoms with van der Waals surface area (Å²) in [6.45, 7) is 4.66. The highest BCUT2D eigenvalue weighted by Crippen LogP contribution is 2.18. The van der Waals surface area contributed by atoms with Gasteiger partial charge < -0.3 is 33.3 Å². The molecule has 0 aromatic rings. The average Bonchev–Trinajstić information content (AvgIpc) is 3.40. The molecule has 0 radical (unpaired) electrons. The van der Waals surface area contributed by atoms with Gasteiger partial charge in [-0.25, -0.2) is 0 Å². The van der Waals surface area contributed by atoms with E-state index in [9.17, 15) is 19.5 Å². The molecule has 0 amide bonds. The van der Waals surface area contributed by atoms with Crippen molar-refractivity contribution < 1.29 is 42.9 Å². The normalized spacial score (nSPS) is 13.0. The van der Waals surface area contributed by atoms with Crippen molar-refractivity contribution in [3.63, 3.8) is 0 Å². The van der Waals surface area contributed by atoms with Gasteiger partial charge in [0.25, 0.3) is 0 Å². The van der Waals surface area contributed by atoms with Crippen molar-refractivity contribution in [1.82, 2.24) is 0 Å². The molecule has 0 saturated carbocycles. The van der Waals surface area contributed by atoms with E-state index in [1.165, 1.54) is 212 Å². The van der Waals surface area contributed by atoms with E-state index >= 15 is 0 Å². The molecule has 0 heterocycles. The lowest BCUT2D eigenvalue weighted by Gasteiger charge is -2.26. The van der Waals surface area contributed by atoms with Gasteiger partial charge in [0.2, 0.25) is 0 Å². The third kappa shape index (κ3) is 60.7. The number of hydrogen-bond donors (Lipinski definition) is 0. The summed E-state index contributed by atoms with van der Waals surface area (Å²) in [5.74, 6) is -2.28. The standard InChI is InChI=1S/C68H125NO8/c1-6-8-10-12-14-16-18-20-22-24-25-26-27-28-29-30-31-32-33-34-35-36-37-38-39-40-41-43-44-46-48-50-52-54-56-58-65(70)75-62-64(63-76-68(67(72)73)74-61-60-69(3,4)5)77-66(71)59-57-55-53-51-49-47-45-42-23-21-19-17-15-13-11-9-7-2/h9,11,15,17,21,23-25,64,68H,6-8,10,12-14,16,18-20,22,26-63H2,1-5H3/b11-9-,17-15-,23-21-,25-24-. The van der Waals surface area contributed by atoms with Crippen LogP contribution in [-0.2, 0) is 33.3 Å². The average molecular weight is 1080 g/mol. The molecule has 2 unspecified atom stereocenters. The van der Waals surface area contributed by atoms with Crippen LogP contribution >= 0.6 is 0 Å². The second-order valence-electron chi connectivity index (χ2n) is 23.4. The molecule has 2 atom stereocenters. The molecule has 9 nitrogen and oxygen atoms in total. The highest BCUT2D eigenvalue weighted by molar-refractivity contribution is 5.70. The molecular weight excluding hydrogens is 959 g/mol. The van der Waals surface area contributed by atoms with Crippen molar-refractivity contribution in [2.45, 2.75) is 322 Å². The molecule has 0 aliphatic heterocycles. The fourth-order valence-electron chi connectivity index (χ4n) is 9.55. The Hall–Kier alpha value is -2.75. The summed E-state index contributed by atoms with van der Waals surface area (Å²) >= 11 is 0. The lowest BCUT2D eigenvalue weighted by Crippen LogP contribution is -2.44. The number of unbranched alkanes of at least 4 members (excludes halogenated alkanes) is 38. The number of aliphatic carboxylic acids is 1. The molecule has 0 spiro atoms. The van der Waals surface area contributed by atoms with E-state index in [1.807, 2.05) is 21.1 Å². The van der Waals surface area contributed by atoms with Crippen molar-refractivity contribution in [3.05, 3.63) is 48.6 Å². The predicted molar refractivity (Wildman–Crippen MR) is 325 cm³/mol. The van der Waals surface area contributed by atoms with Gasteiger partial charge in [-0.05, 0) is 70.6 Å². The maximum Gasteiger partial charge on any atom is 0.306 e. The van der Waals surface area contributed by atoms with Crippen LogP contribution in [0.5, 0.6) is 0 Å². The molecule has 0 saturated heterocycles. The monoisotopic (exact) mass is 1080 g/mol. The molecular formula is C68H125NO8. The number of carbonyl (C=O) groups excluding carboxylic acids is 3. The SMILES string of the molecule is CC/C=C\C/C=C\C/C=C\CCCCCCCCCC(=O)OC(COC(=O)CCCCCCCCCCCCCCCCCCCCCCCCC/C=C\CCCCCCCCCC)COC(OCC[N+](C)(C)C)C(=O)[O-]. The second-order valence-corrected chi connectivity index (χ2v) is 23.4. The van der Waals surface area contributed by atoms with E-state index in [1.54, 1.807) is 0 Å². The number of likely N-dealkylation sites (N-methyl/N-ethyl adjacent to an activating group) is 1. The van der Waals surface area contributed by atoms with E-state index in [2.05, 4.69) is 62.5 Å². The smallest absolute Gasteiger partial charge is 0.306 e. The number of nitrogens with zero attached hydrogens (tertiary/aromatic N) is 1. The number of carbonyl (C=O) groups is 3. The maximum atomic E-state index is 12.9. The van der Waals surface area contributed by atoms with E-state index in [4.69, 9.17) is 18.9 Å². The van der Waals surface area contributed by atoms with Gasteiger partial charge in [0, 0.05) is 12.8 Å². The van der Waals surface area contributed by atoms with Crippen LogP contribution in [-0.4, -0.2) is 82.3 Å². The third-order valence-electron chi connectivity index (χ3n) is 14.6. The summed E-state index contributed by atoms with van der Waals surface area (Å²) in [7, 11) is 5.93. The van der Waals surface area contributed by atoms with Crippen LogP contribution in [0.1, 0.15) is 309 Å². The Morgan fingerprint density at radius 2 is 0.740 bits per heavy atom. The zero-order valence-corrected chi connectivity index (χ0v) is 51.3. The molecule has 0 bridgehead atoms. The summed E-state index contributed by atoms with van der Waals surface area (Å²) < 4.78 is 22.7. The summed E-state index contributed by atoms with van der Waals surface area (Å²) in [6, 6.07) is 0. The number of allylic oxidation sites excluding steroid dienone is 8. The first-order valence-electron chi connectivity index (χ1n) is 32.8. The molecule has 0 rings (SSSR count). The number of ether oxygens (including phenoxy) is 4. The summed E-state index contributed by atoms with van der Waals surface area (Å²) in [5, 5.41) is 11.8. The van der Waals surface area contributed by atoms with Gasteiger partial charge in [0.05, 0.1) is 40.3 Å². The predicted octanol–water partition coefficient (Wildman–Crippen LogP) is 18.5. The number of carboxylic acid groups (broad SMARTS) is 1. The lowest BCUT2D eigenvalue weighted by molar-refractivity contribution is -0.870. The first kappa shape index (κ1) is 74.2. The fourth-order valence-corrected chi connectivity index (χ4v) is 9.55. The van der Waals surface area contributed by atoms with E-state index in [0.29, 0.717) is 23.9 Å². The highest BCUT2D eigenvalue weighted by Gasteiger charge is 2.22. The summed E-state index contributed by atoms with van der Waals surface area (Å²) in [6.07, 6.45) is 72.0. The summed E-state index contributed by atoms with van der Waals surface area (Å²) in [5.41, 5.74) is 0. The molecule has 450 valence electrons. The van der Waals surface area contributed by atoms with Crippen molar-refractivity contribution >= 4 is 17.9 Å². The molecule has 0 N–H and O–H groups in total. The largest absolute Gasteiger partial charge is 0.545 e. The second kappa shape index (κ2) is 59.4. The number of rotatable bonds is 61. The van der Waals surface area contributed by atoms with Crippen molar-refractivity contribution in [1.29, 1.82) is 0 Å². The Bertz CT molecular complexity index is 1400. The number of quaternary nitrogens is 1. The first-order chi connectivity index (χ1) is 37.6. The molecule has 0 aromatic carbocycles. The van der Waals surface area contributed by atoms with Crippen molar-refractivity contribution in [3.8, 4) is 0 Å². The minimum Gasteiger partial charge on any atom is -0.545 e. The van der Waals surface area contributed by atoms with Gasteiger partial charge in [-0.15, -0.1) is 0 Å². The van der Waals surface area contributed by atoms with Crippen LogP contribution in [0.2, 0.25) is 0 Å². The Morgan fingerprint density at radius 1 is 0.403 bits per heavy atom. The van der Waals surface area contributed by atoms with Crippen molar-refractivity contribution in [2.24, 2.45) is 0 Å². The van der Waals surface area contributed by atoms with Crippen molar-refractivity contribution in [2.75, 3.05) is 47.5 Å². The van der Waals surface area contributed by atoms with Crippen LogP contribution in [0.25, 0.3) is 0 Å². The zero-order chi connectivity index (χ0) is 56.2. The fraction of sp³-hybridized carbons (Fsp3) is 0.838. The molecule has 0 fully saturated rings. The van der Waals surface area contributed by atoms with Crippen LogP contribution in [0, 0.1) is 0 Å². The molecule has 9 heteroatoms. The van der Waals surface area contributed by atoms with Crippen LogP contribution in [0.15, 0.2) is 48.6 Å². The molecule has 77 heavy (non-hydrogen) atoms. The Balaban J connectivity index is 4.00. The molecule has 0 aliphatic rings. The number of carboxylic acids is 1. The Morgan fingerprint density at radius 3 is 1.12 bits per heavy atom. The lowest BCUT2D eigenvalue weighted by atomic mass is 10.0. The van der Waals surface area contributed by atoms with Gasteiger partial charge in [0.15, 0.2) is 12.4 Å². The quantitative estimate of drug-likeness (QED) is 0.0195. The van der Waals surface area contributed by atoms with Crippen LogP contribution < -0.4 is 5.11 Å². The topological polar surface area (TPSA) is 111 Å². The van der Waals surface area contributed by atoms with Gasteiger partial charge in [0.1, 0.15) is 13.2 Å². The maximum absolute atomic E-state index is 12.9. The highest BCUT2D eigenvalue weighted by atomic mass is 16.7. The summed E-state index contributed by atoms with van der Waals surface area (Å²) in [4.78, 5) is 37.3. The van der Waals surface area contributed by atoms with Crippen LogP contribution in [0.4, 0.5) is 0 Å². The van der Waals surface area contributed by atoms with Gasteiger partial charge in [-0.3, -0.25) is 9.59 Å². The minimum absolute atomic E-state index is 0.146. The Labute approximate surface area is 476 Å². The number of hydrogen-bond acceptors (Lipinski definition) is 8. The van der Waals surface area contributed by atoms with Gasteiger partial charge in [-0.2, -0.15) is 0 Å². The van der Waals surface area contributed by atoms with Crippen LogP contribution in [0.3, 0.4) is 0 Å². The minimum atomic E-state index is -1.62. The first-order valence-corrected chi connectivity index (χ1v) is 32.8. The molecule has 0 aromatic heterocycles. The zero-order valence-electron chi connectivity index (χ0n) is 51.3. The molecule has 0 aliphatic carbocycles. The third-order valence-corrected chi connectivity index (χ3v) is 14.6. The van der Waals surface area contributed by atoms with E-state index in [-0.39, 0.29) is 32.2 Å². The van der Waals surface area contributed by atoms with E-state index in [0.717, 1.165) is 64.2 Å². The Kier molecular flexibility index (Phi) is 57.3. The number of esters is 2. The van der Waals surface area contributed by atoms with E-state index < -0.39 is 24.3 Å².